The summed E-state index contributed by atoms with van der Waals surface area (Å²) in [5.41, 5.74) is 2.33. The molecule has 2 rings (SSSR count). The highest BCUT2D eigenvalue weighted by Crippen LogP contribution is 2.29. The monoisotopic (exact) mass is 338 g/mol. The van der Waals surface area contributed by atoms with E-state index in [0.717, 1.165) is 23.5 Å². The molecule has 2 aromatic rings. The van der Waals surface area contributed by atoms with E-state index < -0.39 is 11.7 Å². The van der Waals surface area contributed by atoms with Gasteiger partial charge >= 0.3 is 6.18 Å². The van der Waals surface area contributed by atoms with Gasteiger partial charge in [0.15, 0.2) is 5.78 Å². The number of benzene rings is 1. The summed E-state index contributed by atoms with van der Waals surface area (Å²) in [6, 6.07) is 6.76. The molecule has 1 heterocycles. The molecule has 0 fully saturated rings. The maximum absolute atomic E-state index is 12.5. The van der Waals surface area contributed by atoms with Gasteiger partial charge in [-0.05, 0) is 58.0 Å². The number of alkyl halides is 3. The second kappa shape index (κ2) is 6.71. The predicted molar refractivity (Wildman–Crippen MR) is 88.6 cm³/mol. The van der Waals surface area contributed by atoms with Gasteiger partial charge in [-0.1, -0.05) is 0 Å². The van der Waals surface area contributed by atoms with E-state index in [-0.39, 0.29) is 18.4 Å². The van der Waals surface area contributed by atoms with Crippen LogP contribution < -0.4 is 5.32 Å². The number of aryl methyl sites for hydroxylation is 1. The molecule has 0 spiro atoms. The largest absolute Gasteiger partial charge is 0.416 e. The molecule has 130 valence electrons. The SMILES string of the molecule is Cc1cc(C(=O)CNc2ccc(C(F)(F)F)cc2)c(C)n1C(C)C. The highest BCUT2D eigenvalue weighted by Gasteiger charge is 2.29. The average molecular weight is 338 g/mol. The highest BCUT2D eigenvalue weighted by molar-refractivity contribution is 6.00. The van der Waals surface area contributed by atoms with E-state index >= 15 is 0 Å². The lowest BCUT2D eigenvalue weighted by atomic mass is 10.1. The van der Waals surface area contributed by atoms with Crippen molar-refractivity contribution in [3.8, 4) is 0 Å². The Hall–Kier alpha value is -2.24. The summed E-state index contributed by atoms with van der Waals surface area (Å²) in [4.78, 5) is 12.4. The maximum Gasteiger partial charge on any atom is 0.416 e. The van der Waals surface area contributed by atoms with E-state index in [1.807, 2.05) is 19.9 Å². The van der Waals surface area contributed by atoms with Crippen molar-refractivity contribution in [2.24, 2.45) is 0 Å². The first-order chi connectivity index (χ1) is 11.1. The Kier molecular flexibility index (Phi) is 5.06. The van der Waals surface area contributed by atoms with E-state index in [0.29, 0.717) is 11.3 Å². The number of carbonyl (C=O) groups excluding carboxylic acids is 1. The molecular formula is C18H21F3N2O. The summed E-state index contributed by atoms with van der Waals surface area (Å²) in [5, 5.41) is 2.88. The van der Waals surface area contributed by atoms with Crippen LogP contribution in [-0.4, -0.2) is 16.9 Å². The second-order valence-electron chi connectivity index (χ2n) is 6.10. The Labute approximate surface area is 139 Å². The van der Waals surface area contributed by atoms with Gasteiger partial charge < -0.3 is 9.88 Å². The molecular weight excluding hydrogens is 317 g/mol. The Bertz CT molecular complexity index is 728. The third-order valence-electron chi connectivity index (χ3n) is 3.97. The fraction of sp³-hybridized carbons (Fsp3) is 0.389. The smallest absolute Gasteiger partial charge is 0.378 e. The molecule has 0 aliphatic carbocycles. The molecule has 0 saturated heterocycles. The van der Waals surface area contributed by atoms with Crippen LogP contribution in [0.3, 0.4) is 0 Å². The first-order valence-electron chi connectivity index (χ1n) is 7.74. The zero-order valence-electron chi connectivity index (χ0n) is 14.2. The number of nitrogens with one attached hydrogen (secondary N) is 1. The third-order valence-corrected chi connectivity index (χ3v) is 3.97. The molecule has 0 aliphatic rings. The van der Waals surface area contributed by atoms with Crippen molar-refractivity contribution < 1.29 is 18.0 Å². The highest BCUT2D eigenvalue weighted by atomic mass is 19.4. The first kappa shape index (κ1) is 18.1. The van der Waals surface area contributed by atoms with Gasteiger partial charge in [0, 0.05) is 28.7 Å². The number of Topliss-reactive ketones (excluding diaryl/α,β-unsaturated/α-hetero) is 1. The maximum atomic E-state index is 12.5. The Morgan fingerprint density at radius 1 is 1.17 bits per heavy atom. The number of halogens is 3. The third kappa shape index (κ3) is 3.80. The molecule has 1 aromatic carbocycles. The second-order valence-corrected chi connectivity index (χ2v) is 6.10. The molecule has 0 bridgehead atoms. The zero-order chi connectivity index (χ0) is 18.1. The lowest BCUT2D eigenvalue weighted by Crippen LogP contribution is -2.15. The van der Waals surface area contributed by atoms with Gasteiger partial charge in [0.05, 0.1) is 12.1 Å². The van der Waals surface area contributed by atoms with Gasteiger partial charge in [-0.2, -0.15) is 13.2 Å². The van der Waals surface area contributed by atoms with Crippen LogP contribution in [0.4, 0.5) is 18.9 Å². The molecule has 0 unspecified atom stereocenters. The summed E-state index contributed by atoms with van der Waals surface area (Å²) >= 11 is 0. The van der Waals surface area contributed by atoms with Crippen LogP contribution in [0.5, 0.6) is 0 Å². The van der Waals surface area contributed by atoms with E-state index in [9.17, 15) is 18.0 Å². The molecule has 24 heavy (non-hydrogen) atoms. The fourth-order valence-corrected chi connectivity index (χ4v) is 2.91. The standard InChI is InChI=1S/C18H21F3N2O/c1-11(2)23-12(3)9-16(13(23)4)17(24)10-22-15-7-5-14(6-8-15)18(19,20)21/h5-9,11,22H,10H2,1-4H3. The number of hydrogen-bond acceptors (Lipinski definition) is 2. The van der Waals surface area contributed by atoms with E-state index in [2.05, 4.69) is 23.7 Å². The van der Waals surface area contributed by atoms with Crippen molar-refractivity contribution in [2.45, 2.75) is 39.9 Å². The van der Waals surface area contributed by atoms with Crippen LogP contribution in [0.1, 0.15) is 47.2 Å². The average Bonchev–Trinajstić information content (AvgIpc) is 2.79. The summed E-state index contributed by atoms with van der Waals surface area (Å²) in [6.45, 7) is 7.99. The number of nitrogens with zero attached hydrogens (tertiary/aromatic N) is 1. The van der Waals surface area contributed by atoms with Gasteiger partial charge in [-0.3, -0.25) is 4.79 Å². The van der Waals surface area contributed by atoms with Gasteiger partial charge in [0.1, 0.15) is 0 Å². The van der Waals surface area contributed by atoms with Gasteiger partial charge in [-0.15, -0.1) is 0 Å². The van der Waals surface area contributed by atoms with Gasteiger partial charge in [0.2, 0.25) is 0 Å². The van der Waals surface area contributed by atoms with Crippen molar-refractivity contribution in [1.29, 1.82) is 0 Å². The van der Waals surface area contributed by atoms with Crippen molar-refractivity contribution in [3.05, 3.63) is 52.8 Å². The van der Waals surface area contributed by atoms with Crippen LogP contribution in [0.2, 0.25) is 0 Å². The lowest BCUT2D eigenvalue weighted by Gasteiger charge is -2.13. The quantitative estimate of drug-likeness (QED) is 0.779. The topological polar surface area (TPSA) is 34.0 Å². The van der Waals surface area contributed by atoms with Gasteiger partial charge in [0.25, 0.3) is 0 Å². The van der Waals surface area contributed by atoms with Crippen LogP contribution in [0.15, 0.2) is 30.3 Å². The molecule has 3 nitrogen and oxygen atoms in total. The Balaban J connectivity index is 2.07. The van der Waals surface area contributed by atoms with Crippen molar-refractivity contribution >= 4 is 11.5 Å². The summed E-state index contributed by atoms with van der Waals surface area (Å²) in [7, 11) is 0. The van der Waals surface area contributed by atoms with E-state index in [4.69, 9.17) is 0 Å². The Morgan fingerprint density at radius 2 is 1.75 bits per heavy atom. The molecule has 0 amide bonds. The number of rotatable bonds is 5. The predicted octanol–water partition coefficient (Wildman–Crippen LogP) is 5.00. The molecule has 0 radical (unpaired) electrons. The number of hydrogen-bond donors (Lipinski definition) is 1. The number of carbonyl (C=O) groups is 1. The number of ketones is 1. The van der Waals surface area contributed by atoms with Crippen molar-refractivity contribution in [2.75, 3.05) is 11.9 Å². The lowest BCUT2D eigenvalue weighted by molar-refractivity contribution is -0.137. The van der Waals surface area contributed by atoms with E-state index in [1.54, 1.807) is 0 Å². The summed E-state index contributed by atoms with van der Waals surface area (Å²) < 4.78 is 39.7. The minimum atomic E-state index is -4.36. The van der Waals surface area contributed by atoms with Crippen molar-refractivity contribution in [3.63, 3.8) is 0 Å². The Morgan fingerprint density at radius 3 is 2.21 bits per heavy atom. The van der Waals surface area contributed by atoms with Crippen LogP contribution >= 0.6 is 0 Å². The molecule has 0 atom stereocenters. The van der Waals surface area contributed by atoms with Crippen LogP contribution in [0, 0.1) is 13.8 Å². The molecule has 6 heteroatoms. The normalized spacial score (nSPS) is 11.8. The molecule has 0 aliphatic heterocycles. The number of aromatic nitrogens is 1. The summed E-state index contributed by atoms with van der Waals surface area (Å²) in [5.74, 6) is -0.0881. The van der Waals surface area contributed by atoms with Gasteiger partial charge in [-0.25, -0.2) is 0 Å². The molecule has 1 aromatic heterocycles. The molecule has 0 saturated carbocycles. The van der Waals surface area contributed by atoms with Crippen molar-refractivity contribution in [1.82, 2.24) is 4.57 Å². The molecule has 1 N–H and O–H groups in total. The fourth-order valence-electron chi connectivity index (χ4n) is 2.91. The van der Waals surface area contributed by atoms with Crippen LogP contribution in [-0.2, 0) is 6.18 Å². The van der Waals surface area contributed by atoms with E-state index in [1.165, 1.54) is 12.1 Å². The number of anilines is 1. The minimum Gasteiger partial charge on any atom is -0.378 e. The first-order valence-corrected chi connectivity index (χ1v) is 7.74. The minimum absolute atomic E-state index is 0.0355. The van der Waals surface area contributed by atoms with Crippen LogP contribution in [0.25, 0.3) is 0 Å². The summed E-state index contributed by atoms with van der Waals surface area (Å²) in [6.07, 6.45) is -4.36. The zero-order valence-corrected chi connectivity index (χ0v) is 14.2.